The summed E-state index contributed by atoms with van der Waals surface area (Å²) in [5, 5.41) is 4.62. The second kappa shape index (κ2) is 7.58. The van der Waals surface area contributed by atoms with Crippen molar-refractivity contribution >= 4 is 11.7 Å². The van der Waals surface area contributed by atoms with Crippen LogP contribution in [0.25, 0.3) is 0 Å². The van der Waals surface area contributed by atoms with Gasteiger partial charge in [-0.05, 0) is 37.6 Å². The number of para-hydroxylation sites is 1. The number of halogens is 2. The summed E-state index contributed by atoms with van der Waals surface area (Å²) in [7, 11) is 0. The van der Waals surface area contributed by atoms with E-state index in [0.717, 1.165) is 29.0 Å². The van der Waals surface area contributed by atoms with Crippen LogP contribution in [-0.4, -0.2) is 19.2 Å². The van der Waals surface area contributed by atoms with Crippen molar-refractivity contribution in [2.45, 2.75) is 13.8 Å². The summed E-state index contributed by atoms with van der Waals surface area (Å²) in [4.78, 5) is 11.6. The largest absolute Gasteiger partial charge is 0.491 e. The number of urea groups is 1. The second-order valence-corrected chi connectivity index (χ2v) is 5.09. The molecule has 0 saturated heterocycles. The molecule has 0 heterocycles. The number of rotatable bonds is 5. The zero-order chi connectivity index (χ0) is 16.8. The van der Waals surface area contributed by atoms with Gasteiger partial charge < -0.3 is 15.4 Å². The van der Waals surface area contributed by atoms with Crippen LogP contribution in [0.5, 0.6) is 5.75 Å². The fourth-order valence-electron chi connectivity index (χ4n) is 2.06. The smallest absolute Gasteiger partial charge is 0.319 e. The molecule has 23 heavy (non-hydrogen) atoms. The lowest BCUT2D eigenvalue weighted by Gasteiger charge is -2.11. The summed E-state index contributed by atoms with van der Waals surface area (Å²) >= 11 is 0. The van der Waals surface area contributed by atoms with Gasteiger partial charge in [0.2, 0.25) is 0 Å². The SMILES string of the molecule is Cc1ccc(OCCNC(=O)Nc2c(F)cccc2F)c(C)c1. The van der Waals surface area contributed by atoms with Gasteiger partial charge in [-0.15, -0.1) is 0 Å². The molecule has 0 aliphatic rings. The summed E-state index contributed by atoms with van der Waals surface area (Å²) in [6.07, 6.45) is 0. The predicted octanol–water partition coefficient (Wildman–Crippen LogP) is 3.78. The highest BCUT2D eigenvalue weighted by Gasteiger charge is 2.11. The minimum atomic E-state index is -0.827. The van der Waals surface area contributed by atoms with Crippen LogP contribution in [0.4, 0.5) is 19.3 Å². The van der Waals surface area contributed by atoms with Gasteiger partial charge in [-0.2, -0.15) is 0 Å². The number of amides is 2. The first-order valence-electron chi connectivity index (χ1n) is 7.16. The van der Waals surface area contributed by atoms with E-state index in [2.05, 4.69) is 10.6 Å². The number of benzene rings is 2. The van der Waals surface area contributed by atoms with E-state index in [1.165, 1.54) is 6.07 Å². The van der Waals surface area contributed by atoms with Crippen molar-refractivity contribution in [2.24, 2.45) is 0 Å². The monoisotopic (exact) mass is 320 g/mol. The van der Waals surface area contributed by atoms with Crippen molar-refractivity contribution in [2.75, 3.05) is 18.5 Å². The normalized spacial score (nSPS) is 10.3. The van der Waals surface area contributed by atoms with E-state index in [0.29, 0.717) is 0 Å². The van der Waals surface area contributed by atoms with Crippen LogP contribution in [-0.2, 0) is 0 Å². The molecular formula is C17H18F2N2O2. The highest BCUT2D eigenvalue weighted by molar-refractivity contribution is 5.89. The molecule has 0 atom stereocenters. The minimum absolute atomic E-state index is 0.204. The van der Waals surface area contributed by atoms with Crippen LogP contribution >= 0.6 is 0 Å². The van der Waals surface area contributed by atoms with Crippen molar-refractivity contribution in [3.8, 4) is 5.75 Å². The van der Waals surface area contributed by atoms with E-state index in [1.807, 2.05) is 32.0 Å². The number of hydrogen-bond donors (Lipinski definition) is 2. The molecule has 2 amide bonds. The molecule has 2 aromatic carbocycles. The quantitative estimate of drug-likeness (QED) is 0.824. The molecule has 122 valence electrons. The van der Waals surface area contributed by atoms with Crippen LogP contribution in [0, 0.1) is 25.5 Å². The lowest BCUT2D eigenvalue weighted by atomic mass is 10.1. The summed E-state index contributed by atoms with van der Waals surface area (Å²) in [6, 6.07) is 8.47. The Kier molecular flexibility index (Phi) is 5.51. The van der Waals surface area contributed by atoms with Gasteiger partial charge in [-0.1, -0.05) is 23.8 Å². The molecule has 0 bridgehead atoms. The Hall–Kier alpha value is -2.63. The Labute approximate surface area is 133 Å². The number of hydrogen-bond acceptors (Lipinski definition) is 2. The fraction of sp³-hybridized carbons (Fsp3) is 0.235. The van der Waals surface area contributed by atoms with E-state index in [4.69, 9.17) is 4.74 Å². The van der Waals surface area contributed by atoms with Crippen molar-refractivity contribution < 1.29 is 18.3 Å². The molecular weight excluding hydrogens is 302 g/mol. The van der Waals surface area contributed by atoms with Gasteiger partial charge >= 0.3 is 6.03 Å². The molecule has 2 rings (SSSR count). The van der Waals surface area contributed by atoms with Crippen molar-refractivity contribution in [3.63, 3.8) is 0 Å². The lowest BCUT2D eigenvalue weighted by Crippen LogP contribution is -2.32. The maximum absolute atomic E-state index is 13.4. The van der Waals surface area contributed by atoms with E-state index < -0.39 is 23.4 Å². The average Bonchev–Trinajstić information content (AvgIpc) is 2.49. The van der Waals surface area contributed by atoms with Crippen molar-refractivity contribution in [1.82, 2.24) is 5.32 Å². The fourth-order valence-corrected chi connectivity index (χ4v) is 2.06. The maximum Gasteiger partial charge on any atom is 0.319 e. The first-order chi connectivity index (χ1) is 11.0. The molecule has 0 fully saturated rings. The third-order valence-electron chi connectivity index (χ3n) is 3.18. The lowest BCUT2D eigenvalue weighted by molar-refractivity contribution is 0.247. The van der Waals surface area contributed by atoms with Crippen LogP contribution < -0.4 is 15.4 Å². The minimum Gasteiger partial charge on any atom is -0.491 e. The molecule has 0 saturated carbocycles. The Morgan fingerprint density at radius 1 is 1.13 bits per heavy atom. The predicted molar refractivity (Wildman–Crippen MR) is 84.8 cm³/mol. The van der Waals surface area contributed by atoms with Gasteiger partial charge in [0.15, 0.2) is 0 Å². The number of aryl methyl sites for hydroxylation is 2. The average molecular weight is 320 g/mol. The van der Waals surface area contributed by atoms with Crippen LogP contribution in [0.2, 0.25) is 0 Å². The summed E-state index contributed by atoms with van der Waals surface area (Å²) < 4.78 is 32.3. The van der Waals surface area contributed by atoms with Crippen molar-refractivity contribution in [1.29, 1.82) is 0 Å². The zero-order valence-corrected chi connectivity index (χ0v) is 13.0. The first kappa shape index (κ1) is 16.7. The van der Waals surface area contributed by atoms with Crippen LogP contribution in [0.15, 0.2) is 36.4 Å². The third-order valence-corrected chi connectivity index (χ3v) is 3.18. The van der Waals surface area contributed by atoms with E-state index in [-0.39, 0.29) is 13.2 Å². The van der Waals surface area contributed by atoms with Gasteiger partial charge in [0.25, 0.3) is 0 Å². The third kappa shape index (κ3) is 4.67. The van der Waals surface area contributed by atoms with Gasteiger partial charge in [-0.3, -0.25) is 0 Å². The maximum atomic E-state index is 13.4. The van der Waals surface area contributed by atoms with Gasteiger partial charge in [0.1, 0.15) is 29.7 Å². The molecule has 0 aromatic heterocycles. The highest BCUT2D eigenvalue weighted by Crippen LogP contribution is 2.19. The standard InChI is InChI=1S/C17H18F2N2O2/c1-11-6-7-15(12(2)10-11)23-9-8-20-17(22)21-16-13(18)4-3-5-14(16)19/h3-7,10H,8-9H2,1-2H3,(H2,20,21,22). The van der Waals surface area contributed by atoms with E-state index in [1.54, 1.807) is 0 Å². The number of carbonyl (C=O) groups is 1. The molecule has 0 radical (unpaired) electrons. The number of anilines is 1. The molecule has 2 aromatic rings. The zero-order valence-electron chi connectivity index (χ0n) is 13.0. The van der Waals surface area contributed by atoms with Gasteiger partial charge in [-0.25, -0.2) is 13.6 Å². The Morgan fingerprint density at radius 2 is 1.83 bits per heavy atom. The Morgan fingerprint density at radius 3 is 2.48 bits per heavy atom. The molecule has 6 heteroatoms. The highest BCUT2D eigenvalue weighted by atomic mass is 19.1. The van der Waals surface area contributed by atoms with E-state index in [9.17, 15) is 13.6 Å². The van der Waals surface area contributed by atoms with Crippen LogP contribution in [0.3, 0.4) is 0 Å². The van der Waals surface area contributed by atoms with E-state index >= 15 is 0 Å². The molecule has 2 N–H and O–H groups in total. The molecule has 0 spiro atoms. The first-order valence-corrected chi connectivity index (χ1v) is 7.16. The topological polar surface area (TPSA) is 50.4 Å². The molecule has 0 unspecified atom stereocenters. The Balaban J connectivity index is 1.79. The van der Waals surface area contributed by atoms with Gasteiger partial charge in [0.05, 0.1) is 6.54 Å². The number of ether oxygens (including phenoxy) is 1. The van der Waals surface area contributed by atoms with Gasteiger partial charge in [0, 0.05) is 0 Å². The summed E-state index contributed by atoms with van der Waals surface area (Å²) in [6.45, 7) is 4.38. The number of nitrogens with one attached hydrogen (secondary N) is 2. The molecule has 0 aliphatic heterocycles. The van der Waals surface area contributed by atoms with Crippen molar-refractivity contribution in [3.05, 3.63) is 59.2 Å². The second-order valence-electron chi connectivity index (χ2n) is 5.09. The molecule has 0 aliphatic carbocycles. The number of carbonyl (C=O) groups excluding carboxylic acids is 1. The molecule has 4 nitrogen and oxygen atoms in total. The summed E-state index contributed by atoms with van der Waals surface area (Å²) in [5.74, 6) is -0.920. The van der Waals surface area contributed by atoms with Crippen LogP contribution in [0.1, 0.15) is 11.1 Å². The summed E-state index contributed by atoms with van der Waals surface area (Å²) in [5.41, 5.74) is 1.67. The Bertz CT molecular complexity index is 685.